The van der Waals surface area contributed by atoms with Crippen molar-refractivity contribution in [1.82, 2.24) is 50.9 Å². The van der Waals surface area contributed by atoms with E-state index >= 15 is 0 Å². The first-order valence-electron chi connectivity index (χ1n) is 29.8. The molecule has 9 N–H and O–H groups in total. The second-order valence-electron chi connectivity index (χ2n) is 22.3. The molecule has 2 aliphatic heterocycles. The average Bonchev–Trinajstić information content (AvgIpc) is 2.24. The van der Waals surface area contributed by atoms with Crippen LogP contribution in [0, 0.1) is 17.8 Å². The average molecular weight is 1280 g/mol. The number of hydrogen-bond acceptors (Lipinski definition) is 19. The second-order valence-corrected chi connectivity index (χ2v) is 24.0. The summed E-state index contributed by atoms with van der Waals surface area (Å²) < 4.78 is 56.8. The largest absolute Gasteiger partial charge is 0.379 e. The highest BCUT2D eigenvalue weighted by molar-refractivity contribution is 7.90. The fraction of sp³-hybridized carbons (Fsp3) is 0.672. The van der Waals surface area contributed by atoms with Gasteiger partial charge in [-0.2, -0.15) is 0 Å². The first kappa shape index (κ1) is 76.1. The van der Waals surface area contributed by atoms with Crippen LogP contribution in [-0.2, 0) is 81.7 Å². The molecule has 89 heavy (non-hydrogen) atoms. The molecule has 1 aromatic rings. The van der Waals surface area contributed by atoms with Gasteiger partial charge in [-0.3, -0.25) is 57.7 Å². The lowest BCUT2D eigenvalue weighted by molar-refractivity contribution is -0.146. The predicted molar refractivity (Wildman–Crippen MR) is 324 cm³/mol. The number of carbonyl (C=O) groups is 11. The number of likely N-dealkylation sites (tertiary alicyclic amines) is 1. The van der Waals surface area contributed by atoms with Gasteiger partial charge in [0.2, 0.25) is 41.4 Å². The van der Waals surface area contributed by atoms with Crippen LogP contribution in [0.15, 0.2) is 41.3 Å². The van der Waals surface area contributed by atoms with Crippen LogP contribution >= 0.6 is 0 Å². The van der Waals surface area contributed by atoms with Gasteiger partial charge in [0.1, 0.15) is 12.1 Å². The number of nitrogens with two attached hydrogens (primary N) is 1. The summed E-state index contributed by atoms with van der Waals surface area (Å²) >= 11 is 0. The third-order valence-electron chi connectivity index (χ3n) is 15.2. The number of sulfonamides is 1. The van der Waals surface area contributed by atoms with Crippen LogP contribution in [0.3, 0.4) is 0 Å². The number of hydrogen-bond donors (Lipinski definition) is 8. The number of urea groups is 1. The number of likely N-dealkylation sites (N-methyl/N-ethyl adjacent to an activating group) is 2. The zero-order chi connectivity index (χ0) is 66.5. The highest BCUT2D eigenvalue weighted by Gasteiger charge is 2.43. The summed E-state index contributed by atoms with van der Waals surface area (Å²) in [6.45, 7) is 11.4. The predicted octanol–water partition coefficient (Wildman–Crippen LogP) is -1.03. The Morgan fingerprint density at radius 1 is 0.742 bits per heavy atom. The van der Waals surface area contributed by atoms with Crippen molar-refractivity contribution in [2.75, 3.05) is 113 Å². The molecule has 12 amide bonds. The topological polar surface area (TPSA) is 391 Å². The van der Waals surface area contributed by atoms with Crippen LogP contribution in [0.5, 0.6) is 0 Å². The van der Waals surface area contributed by atoms with Crippen molar-refractivity contribution in [3.63, 3.8) is 0 Å². The quantitative estimate of drug-likeness (QED) is 0.0287. The molecule has 0 radical (unpaired) electrons. The fourth-order valence-electron chi connectivity index (χ4n) is 10.3. The van der Waals surface area contributed by atoms with E-state index in [1.807, 2.05) is 32.4 Å². The summed E-state index contributed by atoms with van der Waals surface area (Å²) in [7, 11) is 3.54. The number of nitrogens with one attached hydrogen (secondary N) is 7. The van der Waals surface area contributed by atoms with Gasteiger partial charge < -0.3 is 71.1 Å². The summed E-state index contributed by atoms with van der Waals surface area (Å²) in [5, 5.41) is 15.3. The number of rotatable bonds is 41. The van der Waals surface area contributed by atoms with Gasteiger partial charge in [-0.25, -0.2) is 17.9 Å². The summed E-state index contributed by atoms with van der Waals surface area (Å²) in [5.41, 5.74) is 5.26. The Kier molecular flexibility index (Phi) is 32.8. The molecule has 2 aliphatic rings. The van der Waals surface area contributed by atoms with Crippen LogP contribution in [0.4, 0.5) is 10.5 Å². The minimum atomic E-state index is -4.55. The van der Waals surface area contributed by atoms with E-state index in [0.29, 0.717) is 25.8 Å². The van der Waals surface area contributed by atoms with Gasteiger partial charge in [-0.1, -0.05) is 41.0 Å². The van der Waals surface area contributed by atoms with Crippen LogP contribution in [-0.4, -0.2) is 243 Å². The smallest absolute Gasteiger partial charge is 0.312 e. The Balaban J connectivity index is 1.52. The van der Waals surface area contributed by atoms with E-state index in [4.69, 9.17) is 29.4 Å². The molecule has 0 saturated carbocycles. The van der Waals surface area contributed by atoms with Crippen LogP contribution < -0.4 is 42.4 Å². The summed E-state index contributed by atoms with van der Waals surface area (Å²) in [4.78, 5) is 147. The van der Waals surface area contributed by atoms with E-state index in [1.165, 1.54) is 50.3 Å². The summed E-state index contributed by atoms with van der Waals surface area (Å²) in [5.74, 6) is -6.48. The Bertz CT molecular complexity index is 2670. The normalized spacial score (nSPS) is 16.8. The maximum absolute atomic E-state index is 14.2. The molecule has 3 rings (SSSR count). The number of methoxy groups -OCH3 is 2. The van der Waals surface area contributed by atoms with Crippen molar-refractivity contribution in [3.05, 3.63) is 36.4 Å². The second kappa shape index (κ2) is 38.4. The standard InChI is InChI=1S/C58H94N12O18S/c1-12-37(4)52(68(9)50(76)35-62-57(80)51(36(2)3)67(7)8)44(84-10)33-49(75)69-25-14-16-43(69)53(85-11)38(5)54(77)63-39(6)55(78)66-89(82,83)41-19-17-40(18-20-41)64-56(79)42(15-13-24-60-58(59)81)65-46(72)34-61-45(71)23-27-86-29-31-88-32-30-87-28-26-70-47(73)21-22-48(70)74/h17-22,36-39,42-44,51-53H,12-16,23-35H2,1-11H3,(H,61,71)(H,62,80)(H,63,77)(H,64,79)(H,65,72)(H,66,78)(H3,59,60,81)/t37-,38+,39-,42-,43-,44+,51-,52-,53+/m0/s1. The number of primary amides is 1. The van der Waals surface area contributed by atoms with Gasteiger partial charge in [0.15, 0.2) is 0 Å². The van der Waals surface area contributed by atoms with E-state index < -0.39 is 112 Å². The summed E-state index contributed by atoms with van der Waals surface area (Å²) in [6, 6.07) is -0.233. The molecule has 31 heteroatoms. The molecule has 30 nitrogen and oxygen atoms in total. The molecule has 1 fully saturated rings. The third kappa shape index (κ3) is 25.0. The number of anilines is 1. The number of amides is 12. The van der Waals surface area contributed by atoms with E-state index in [2.05, 4.69) is 31.9 Å². The molecular weight excluding hydrogens is 1180 g/mol. The lowest BCUT2D eigenvalue weighted by Crippen LogP contribution is -2.55. The molecule has 0 aliphatic carbocycles. The molecule has 500 valence electrons. The molecule has 2 heterocycles. The lowest BCUT2D eigenvalue weighted by Gasteiger charge is -2.39. The number of nitrogens with zero attached hydrogens (tertiary/aromatic N) is 4. The first-order valence-corrected chi connectivity index (χ1v) is 31.3. The molecule has 9 atom stereocenters. The Morgan fingerprint density at radius 3 is 1.93 bits per heavy atom. The Hall–Kier alpha value is -7.16. The van der Waals surface area contributed by atoms with Crippen molar-refractivity contribution in [3.8, 4) is 0 Å². The molecule has 0 aromatic heterocycles. The van der Waals surface area contributed by atoms with Crippen molar-refractivity contribution in [1.29, 1.82) is 0 Å². The van der Waals surface area contributed by atoms with Gasteiger partial charge in [0.05, 0.1) is 107 Å². The highest BCUT2D eigenvalue weighted by atomic mass is 32.2. The third-order valence-corrected chi connectivity index (χ3v) is 16.6. The molecule has 1 aromatic carbocycles. The number of imide groups is 1. The van der Waals surface area contributed by atoms with Crippen LogP contribution in [0.2, 0.25) is 0 Å². The zero-order valence-corrected chi connectivity index (χ0v) is 53.9. The van der Waals surface area contributed by atoms with Crippen molar-refractivity contribution in [2.45, 2.75) is 134 Å². The van der Waals surface area contributed by atoms with E-state index in [9.17, 15) is 61.2 Å². The van der Waals surface area contributed by atoms with Gasteiger partial charge >= 0.3 is 6.03 Å². The Morgan fingerprint density at radius 2 is 1.36 bits per heavy atom. The van der Waals surface area contributed by atoms with Gasteiger partial charge in [-0.05, 0) is 82.8 Å². The van der Waals surface area contributed by atoms with Crippen molar-refractivity contribution in [2.24, 2.45) is 23.5 Å². The molecule has 1 saturated heterocycles. The highest BCUT2D eigenvalue weighted by Crippen LogP contribution is 2.29. The number of benzene rings is 1. The van der Waals surface area contributed by atoms with Crippen molar-refractivity contribution >= 4 is 80.8 Å². The van der Waals surface area contributed by atoms with Gasteiger partial charge in [-0.15, -0.1) is 0 Å². The minimum Gasteiger partial charge on any atom is -0.379 e. The van der Waals surface area contributed by atoms with Crippen LogP contribution in [0.1, 0.15) is 86.5 Å². The summed E-state index contributed by atoms with van der Waals surface area (Å²) in [6.07, 6.45) is 2.50. The SMILES string of the molecule is CC[C@H](C)[C@@H]([C@@H](CC(=O)N1CCC[C@H]1[C@H](OC)[C@@H](C)C(=O)N[C@@H](C)C(=O)NS(=O)(=O)c1ccc(NC(=O)[C@H](CCCNC(N)=O)NC(=O)CNC(=O)CCOCCOCCOCCN2C(=O)C=CC2=O)cc1)OC)N(C)C(=O)CNC(=O)[C@H](C(C)C)N(C)C. The number of ether oxygens (including phenoxy) is 5. The molecule has 0 unspecified atom stereocenters. The Labute approximate surface area is 521 Å². The minimum absolute atomic E-state index is 0.00179. The van der Waals surface area contributed by atoms with Crippen LogP contribution in [0.25, 0.3) is 0 Å². The maximum atomic E-state index is 14.2. The molecule has 0 spiro atoms. The van der Waals surface area contributed by atoms with E-state index in [0.717, 1.165) is 17.0 Å². The molecular formula is C58H94N12O18S. The van der Waals surface area contributed by atoms with Gasteiger partial charge in [0.25, 0.3) is 27.7 Å². The number of carbonyl (C=O) groups excluding carboxylic acids is 11. The lowest BCUT2D eigenvalue weighted by atomic mass is 9.90. The van der Waals surface area contributed by atoms with Gasteiger partial charge in [0, 0.05) is 58.6 Å². The monoisotopic (exact) mass is 1280 g/mol. The first-order chi connectivity index (χ1) is 42.1. The van der Waals surface area contributed by atoms with E-state index in [1.54, 1.807) is 37.9 Å². The van der Waals surface area contributed by atoms with E-state index in [-0.39, 0.29) is 125 Å². The van der Waals surface area contributed by atoms with Crippen molar-refractivity contribution < 1.29 is 84.8 Å². The maximum Gasteiger partial charge on any atom is 0.312 e. The molecule has 0 bridgehead atoms. The zero-order valence-electron chi connectivity index (χ0n) is 53.1. The fourth-order valence-corrected chi connectivity index (χ4v) is 11.4.